The van der Waals surface area contributed by atoms with E-state index < -0.39 is 0 Å². The summed E-state index contributed by atoms with van der Waals surface area (Å²) >= 11 is 0. The van der Waals surface area contributed by atoms with E-state index in [2.05, 4.69) is 5.32 Å². The standard InChI is InChI=1S/C17H27NO2/c1-16(2,3)15(19)18-12-11-13-9-7-8-10-14(13)20-17(4,5)6/h7-10H,11-12H2,1-6H3,(H,18,19). The zero-order valence-electron chi connectivity index (χ0n) is 13.5. The molecule has 0 aliphatic rings. The smallest absolute Gasteiger partial charge is 0.225 e. The lowest BCUT2D eigenvalue weighted by atomic mass is 9.95. The van der Waals surface area contributed by atoms with Gasteiger partial charge < -0.3 is 10.1 Å². The van der Waals surface area contributed by atoms with E-state index in [1.54, 1.807) is 0 Å². The Kier molecular flexibility index (Phi) is 5.21. The van der Waals surface area contributed by atoms with E-state index in [0.29, 0.717) is 6.54 Å². The van der Waals surface area contributed by atoms with Gasteiger partial charge in [0.1, 0.15) is 11.4 Å². The summed E-state index contributed by atoms with van der Waals surface area (Å²) in [4.78, 5) is 11.8. The van der Waals surface area contributed by atoms with Crippen molar-refractivity contribution < 1.29 is 9.53 Å². The van der Waals surface area contributed by atoms with Crippen LogP contribution in [0.15, 0.2) is 24.3 Å². The molecule has 1 amide bonds. The predicted molar refractivity (Wildman–Crippen MR) is 83.0 cm³/mol. The van der Waals surface area contributed by atoms with Crippen LogP contribution in [-0.4, -0.2) is 18.1 Å². The maximum absolute atomic E-state index is 11.8. The summed E-state index contributed by atoms with van der Waals surface area (Å²) in [5.74, 6) is 0.969. The third-order valence-electron chi connectivity index (χ3n) is 2.75. The van der Waals surface area contributed by atoms with Gasteiger partial charge in [-0.25, -0.2) is 0 Å². The van der Waals surface area contributed by atoms with Crippen LogP contribution in [0.1, 0.15) is 47.1 Å². The maximum Gasteiger partial charge on any atom is 0.225 e. The van der Waals surface area contributed by atoms with Gasteiger partial charge in [0.25, 0.3) is 0 Å². The predicted octanol–water partition coefficient (Wildman–Crippen LogP) is 3.57. The van der Waals surface area contributed by atoms with Crippen LogP contribution in [0.2, 0.25) is 0 Å². The molecule has 0 spiro atoms. The molecule has 0 bridgehead atoms. The summed E-state index contributed by atoms with van der Waals surface area (Å²) in [6.45, 7) is 12.5. The molecule has 0 aromatic heterocycles. The fraction of sp³-hybridized carbons (Fsp3) is 0.588. The first-order chi connectivity index (χ1) is 9.09. The molecular weight excluding hydrogens is 250 g/mol. The van der Waals surface area contributed by atoms with Crippen molar-refractivity contribution >= 4 is 5.91 Å². The first-order valence-electron chi connectivity index (χ1n) is 7.15. The fourth-order valence-corrected chi connectivity index (χ4v) is 1.72. The highest BCUT2D eigenvalue weighted by molar-refractivity contribution is 5.81. The van der Waals surface area contributed by atoms with Gasteiger partial charge in [-0.3, -0.25) is 4.79 Å². The molecule has 3 heteroatoms. The Morgan fingerprint density at radius 2 is 1.70 bits per heavy atom. The van der Waals surface area contributed by atoms with Crippen LogP contribution in [0.4, 0.5) is 0 Å². The lowest BCUT2D eigenvalue weighted by molar-refractivity contribution is -0.128. The van der Waals surface area contributed by atoms with Gasteiger partial charge in [0.05, 0.1) is 0 Å². The SMILES string of the molecule is CC(C)(C)Oc1ccccc1CCNC(=O)C(C)(C)C. The lowest BCUT2D eigenvalue weighted by Gasteiger charge is -2.23. The third kappa shape index (κ3) is 5.64. The molecule has 0 radical (unpaired) electrons. The van der Waals surface area contributed by atoms with E-state index >= 15 is 0 Å². The topological polar surface area (TPSA) is 38.3 Å². The number of carbonyl (C=O) groups is 1. The Balaban J connectivity index is 2.63. The fourth-order valence-electron chi connectivity index (χ4n) is 1.72. The number of rotatable bonds is 4. The highest BCUT2D eigenvalue weighted by Gasteiger charge is 2.20. The molecule has 0 saturated heterocycles. The average molecular weight is 277 g/mol. The van der Waals surface area contributed by atoms with E-state index in [9.17, 15) is 4.79 Å². The minimum absolute atomic E-state index is 0.0757. The van der Waals surface area contributed by atoms with Crippen LogP contribution in [0.5, 0.6) is 5.75 Å². The largest absolute Gasteiger partial charge is 0.488 e. The minimum Gasteiger partial charge on any atom is -0.488 e. The number of para-hydroxylation sites is 1. The van der Waals surface area contributed by atoms with E-state index in [-0.39, 0.29) is 16.9 Å². The molecule has 0 aliphatic carbocycles. The second kappa shape index (κ2) is 6.29. The molecular formula is C17H27NO2. The molecule has 1 rings (SSSR count). The third-order valence-corrected chi connectivity index (χ3v) is 2.75. The van der Waals surface area contributed by atoms with Crippen LogP contribution >= 0.6 is 0 Å². The zero-order valence-corrected chi connectivity index (χ0v) is 13.5. The lowest BCUT2D eigenvalue weighted by Crippen LogP contribution is -2.36. The zero-order chi connectivity index (χ0) is 15.4. The quantitative estimate of drug-likeness (QED) is 0.913. The highest BCUT2D eigenvalue weighted by Crippen LogP contribution is 2.23. The second-order valence-corrected chi connectivity index (χ2v) is 7.08. The first-order valence-corrected chi connectivity index (χ1v) is 7.15. The first kappa shape index (κ1) is 16.5. The molecule has 20 heavy (non-hydrogen) atoms. The van der Waals surface area contributed by atoms with Gasteiger partial charge in [0.2, 0.25) is 5.91 Å². The molecule has 0 saturated carbocycles. The number of ether oxygens (including phenoxy) is 1. The molecule has 0 atom stereocenters. The highest BCUT2D eigenvalue weighted by atomic mass is 16.5. The molecule has 1 aromatic carbocycles. The number of nitrogens with one attached hydrogen (secondary N) is 1. The monoisotopic (exact) mass is 277 g/mol. The van der Waals surface area contributed by atoms with Gasteiger partial charge in [-0.1, -0.05) is 39.0 Å². The molecule has 1 N–H and O–H groups in total. The van der Waals surface area contributed by atoms with Crippen LogP contribution in [0.25, 0.3) is 0 Å². The summed E-state index contributed by atoms with van der Waals surface area (Å²) in [5, 5.41) is 2.97. The van der Waals surface area contributed by atoms with Crippen LogP contribution < -0.4 is 10.1 Å². The van der Waals surface area contributed by atoms with Crippen molar-refractivity contribution in [3.05, 3.63) is 29.8 Å². The van der Waals surface area contributed by atoms with Crippen LogP contribution in [-0.2, 0) is 11.2 Å². The number of benzene rings is 1. The van der Waals surface area contributed by atoms with E-state index in [0.717, 1.165) is 17.7 Å². The van der Waals surface area contributed by atoms with Crippen molar-refractivity contribution in [1.29, 1.82) is 0 Å². The van der Waals surface area contributed by atoms with Gasteiger partial charge >= 0.3 is 0 Å². The van der Waals surface area contributed by atoms with Crippen molar-refractivity contribution in [2.75, 3.05) is 6.54 Å². The van der Waals surface area contributed by atoms with Gasteiger partial charge in [0.15, 0.2) is 0 Å². The van der Waals surface area contributed by atoms with Crippen molar-refractivity contribution in [2.24, 2.45) is 5.41 Å². The van der Waals surface area contributed by atoms with Gasteiger partial charge in [-0.05, 0) is 38.8 Å². The number of carbonyl (C=O) groups excluding carboxylic acids is 1. The summed E-state index contributed by atoms with van der Waals surface area (Å²) < 4.78 is 5.94. The molecule has 0 heterocycles. The average Bonchev–Trinajstić information content (AvgIpc) is 2.28. The summed E-state index contributed by atoms with van der Waals surface area (Å²) in [6, 6.07) is 7.99. The van der Waals surface area contributed by atoms with Gasteiger partial charge in [-0.15, -0.1) is 0 Å². The molecule has 112 valence electrons. The van der Waals surface area contributed by atoms with Crippen LogP contribution in [0, 0.1) is 5.41 Å². The second-order valence-electron chi connectivity index (χ2n) is 7.08. The molecule has 3 nitrogen and oxygen atoms in total. The molecule has 0 unspecified atom stereocenters. The van der Waals surface area contributed by atoms with Crippen molar-refractivity contribution in [3.8, 4) is 5.75 Å². The Morgan fingerprint density at radius 3 is 2.25 bits per heavy atom. The normalized spacial score (nSPS) is 12.1. The summed E-state index contributed by atoms with van der Waals surface area (Å²) in [5.41, 5.74) is 0.559. The Morgan fingerprint density at radius 1 is 1.10 bits per heavy atom. The molecule has 0 aliphatic heterocycles. The van der Waals surface area contributed by atoms with Crippen molar-refractivity contribution in [1.82, 2.24) is 5.32 Å². The van der Waals surface area contributed by atoms with E-state index in [1.165, 1.54) is 0 Å². The van der Waals surface area contributed by atoms with Gasteiger partial charge in [0, 0.05) is 12.0 Å². The van der Waals surface area contributed by atoms with E-state index in [1.807, 2.05) is 65.8 Å². The van der Waals surface area contributed by atoms with Crippen molar-refractivity contribution in [3.63, 3.8) is 0 Å². The number of amides is 1. The Bertz CT molecular complexity index is 453. The number of hydrogen-bond acceptors (Lipinski definition) is 2. The van der Waals surface area contributed by atoms with E-state index in [4.69, 9.17) is 4.74 Å². The molecule has 1 aromatic rings. The minimum atomic E-state index is -0.346. The van der Waals surface area contributed by atoms with Crippen LogP contribution in [0.3, 0.4) is 0 Å². The van der Waals surface area contributed by atoms with Gasteiger partial charge in [-0.2, -0.15) is 0 Å². The Labute approximate surface area is 122 Å². The molecule has 0 fully saturated rings. The summed E-state index contributed by atoms with van der Waals surface area (Å²) in [7, 11) is 0. The maximum atomic E-state index is 11.8. The van der Waals surface area contributed by atoms with Crippen molar-refractivity contribution in [2.45, 2.75) is 53.6 Å². The number of hydrogen-bond donors (Lipinski definition) is 1. The summed E-state index contributed by atoms with van der Waals surface area (Å²) in [6.07, 6.45) is 0.772. The Hall–Kier alpha value is -1.51.